The third-order valence-electron chi connectivity index (χ3n) is 5.11. The minimum absolute atomic E-state index is 0.197. The topological polar surface area (TPSA) is 105 Å². The van der Waals surface area contributed by atoms with E-state index >= 15 is 0 Å². The second kappa shape index (κ2) is 10.4. The molecule has 1 amide bonds. The maximum Gasteiger partial charge on any atom is 0.569 e. The summed E-state index contributed by atoms with van der Waals surface area (Å²) in [5.41, 5.74) is 2.05. The van der Waals surface area contributed by atoms with Gasteiger partial charge in [-0.1, -0.05) is 0 Å². The van der Waals surface area contributed by atoms with Crippen LogP contribution in [0.25, 0.3) is 0 Å². The molecule has 2 aromatic rings. The van der Waals surface area contributed by atoms with E-state index in [1.165, 1.54) is 7.11 Å². The van der Waals surface area contributed by atoms with Gasteiger partial charge >= 0.3 is 7.69 Å². The predicted octanol–water partition coefficient (Wildman–Crippen LogP) is 2.17. The van der Waals surface area contributed by atoms with Crippen LogP contribution in [0.4, 0.5) is 5.69 Å². The van der Waals surface area contributed by atoms with Crippen LogP contribution in [0.1, 0.15) is 30.4 Å². The number of carbonyl (C=O) groups is 1. The highest BCUT2D eigenvalue weighted by Gasteiger charge is 2.38. The van der Waals surface area contributed by atoms with Gasteiger partial charge in [0.2, 0.25) is 5.91 Å². The Morgan fingerprint density at radius 2 is 1.91 bits per heavy atom. The summed E-state index contributed by atoms with van der Waals surface area (Å²) < 4.78 is 35.8. The van der Waals surface area contributed by atoms with Gasteiger partial charge in [-0.25, -0.2) is 8.42 Å². The number of aryl methyl sites for hydroxylation is 1. The van der Waals surface area contributed by atoms with Gasteiger partial charge in [-0.15, -0.1) is 0 Å². The zero-order chi connectivity index (χ0) is 23.3. The first-order valence-electron chi connectivity index (χ1n) is 10.3. The Hall–Kier alpha value is -2.56. The summed E-state index contributed by atoms with van der Waals surface area (Å²) in [6, 6.07) is 10.1. The van der Waals surface area contributed by atoms with Gasteiger partial charge in [-0.3, -0.25) is 4.79 Å². The summed E-state index contributed by atoms with van der Waals surface area (Å²) in [4.78, 5) is 14.8. The number of hydrogen-bond acceptors (Lipinski definition) is 7. The number of anilines is 1. The quantitative estimate of drug-likeness (QED) is 0.497. The molecule has 1 aliphatic rings. The molecule has 0 unspecified atom stereocenters. The smallest absolute Gasteiger partial charge is 0.537 e. The van der Waals surface area contributed by atoms with Gasteiger partial charge in [0.05, 0.1) is 17.3 Å². The Morgan fingerprint density at radius 1 is 1.19 bits per heavy atom. The number of carbonyl (C=O) groups excluding carboxylic acids is 1. The molecule has 2 N–H and O–H groups in total. The van der Waals surface area contributed by atoms with Crippen LogP contribution >= 0.6 is 0 Å². The first-order valence-corrected chi connectivity index (χ1v) is 11.9. The van der Waals surface area contributed by atoms with Crippen LogP contribution in [-0.2, 0) is 27.6 Å². The number of sulfone groups is 1. The van der Waals surface area contributed by atoms with Crippen molar-refractivity contribution in [1.29, 1.82) is 0 Å². The summed E-state index contributed by atoms with van der Waals surface area (Å²) in [6.45, 7) is 0.458. The molecule has 1 fully saturated rings. The molecule has 0 aliphatic heterocycles. The molecule has 1 saturated carbocycles. The molecule has 2 aromatic carbocycles. The number of hydrogen-bond donors (Lipinski definition) is 2. The second-order valence-electron chi connectivity index (χ2n) is 8.09. The molecule has 8 nitrogen and oxygen atoms in total. The van der Waals surface area contributed by atoms with Crippen LogP contribution in [0.3, 0.4) is 0 Å². The number of methoxy groups -OCH3 is 1. The van der Waals surface area contributed by atoms with Crippen molar-refractivity contribution in [2.45, 2.75) is 42.4 Å². The lowest BCUT2D eigenvalue weighted by atomic mass is 10.1. The minimum Gasteiger partial charge on any atom is -0.537 e. The van der Waals surface area contributed by atoms with Gasteiger partial charge in [-0.05, 0) is 74.8 Å². The molecule has 1 radical (unpaired) electrons. The van der Waals surface area contributed by atoms with E-state index in [0.29, 0.717) is 61.1 Å². The van der Waals surface area contributed by atoms with Gasteiger partial charge in [0.25, 0.3) is 0 Å². The molecule has 0 aromatic heterocycles. The first-order chi connectivity index (χ1) is 15.2. The average Bonchev–Trinajstić information content (AvgIpc) is 3.58. The molecule has 0 saturated heterocycles. The van der Waals surface area contributed by atoms with E-state index in [1.54, 1.807) is 36.4 Å². The fraction of sp³-hybridized carbons (Fsp3) is 0.409. The van der Waals surface area contributed by atoms with Crippen LogP contribution in [0, 0.1) is 0 Å². The maximum absolute atomic E-state index is 12.8. The summed E-state index contributed by atoms with van der Waals surface area (Å²) >= 11 is 0. The van der Waals surface area contributed by atoms with Crippen LogP contribution in [0.2, 0.25) is 0 Å². The fourth-order valence-corrected chi connectivity index (χ4v) is 5.32. The monoisotopic (exact) mass is 459 g/mol. The van der Waals surface area contributed by atoms with Gasteiger partial charge in [-0.2, -0.15) is 0 Å². The van der Waals surface area contributed by atoms with Gasteiger partial charge in [0, 0.05) is 24.7 Å². The third-order valence-corrected chi connectivity index (χ3v) is 7.47. The molecule has 32 heavy (non-hydrogen) atoms. The zero-order valence-electron chi connectivity index (χ0n) is 18.5. The Morgan fingerprint density at radius 3 is 2.53 bits per heavy atom. The van der Waals surface area contributed by atoms with Crippen molar-refractivity contribution in [1.82, 2.24) is 4.90 Å². The Bertz CT molecular complexity index is 1070. The highest BCUT2D eigenvalue weighted by atomic mass is 32.2. The number of nitrogens with one attached hydrogen (secondary N) is 1. The molecule has 0 spiro atoms. The highest BCUT2D eigenvalue weighted by Crippen LogP contribution is 2.36. The molecular weight excluding hydrogens is 431 g/mol. The Kier molecular flexibility index (Phi) is 7.81. The van der Waals surface area contributed by atoms with Crippen molar-refractivity contribution in [3.05, 3.63) is 47.5 Å². The van der Waals surface area contributed by atoms with E-state index in [2.05, 4.69) is 5.32 Å². The SMILES string of the molecule is COc1cc(CCC(=O)Nc2ccc(S(=O)(=O)C3CC3)c(CN(C)C)c2)cc(O[B]O)c1. The van der Waals surface area contributed by atoms with E-state index in [9.17, 15) is 13.2 Å². The summed E-state index contributed by atoms with van der Waals surface area (Å²) in [7, 11) is 2.53. The zero-order valence-corrected chi connectivity index (χ0v) is 19.3. The van der Waals surface area contributed by atoms with Crippen molar-refractivity contribution in [3.8, 4) is 11.5 Å². The van der Waals surface area contributed by atoms with Crippen LogP contribution in [0.5, 0.6) is 11.5 Å². The maximum atomic E-state index is 12.8. The van der Waals surface area contributed by atoms with E-state index in [0.717, 1.165) is 5.56 Å². The number of rotatable bonds is 11. The number of amides is 1. The summed E-state index contributed by atoms with van der Waals surface area (Å²) in [6.07, 6.45) is 2.05. The molecule has 1 aliphatic carbocycles. The van der Waals surface area contributed by atoms with Gasteiger partial charge < -0.3 is 24.6 Å². The lowest BCUT2D eigenvalue weighted by molar-refractivity contribution is -0.116. The summed E-state index contributed by atoms with van der Waals surface area (Å²) in [5.74, 6) is 0.765. The summed E-state index contributed by atoms with van der Waals surface area (Å²) in [5, 5.41) is 11.4. The first kappa shape index (κ1) is 24.1. The second-order valence-corrected chi connectivity index (χ2v) is 10.3. The van der Waals surface area contributed by atoms with Crippen LogP contribution in [-0.4, -0.2) is 58.4 Å². The van der Waals surface area contributed by atoms with Gasteiger partial charge in [0.15, 0.2) is 9.84 Å². The number of benzene rings is 2. The Balaban J connectivity index is 1.70. The third kappa shape index (κ3) is 6.24. The number of ether oxygens (including phenoxy) is 1. The van der Waals surface area contributed by atoms with Gasteiger partial charge in [0.1, 0.15) is 11.5 Å². The van der Waals surface area contributed by atoms with Crippen molar-refractivity contribution in [3.63, 3.8) is 0 Å². The fourth-order valence-electron chi connectivity index (χ4n) is 3.46. The molecular formula is C22H28BN2O6S. The standard InChI is InChI=1S/C22H28BN2O6S/c1-25(2)14-16-12-17(5-8-21(16)32(28,29)20-6-7-20)24-22(26)9-4-15-10-18(30-3)13-19(11-15)31-23-27/h5,8,10-13,20,27H,4,6-7,9,14H2,1-3H3,(H,24,26). The molecule has 0 bridgehead atoms. The average molecular weight is 459 g/mol. The van der Waals surface area contributed by atoms with Crippen LogP contribution in [0.15, 0.2) is 41.3 Å². The molecule has 3 rings (SSSR count). The van der Waals surface area contributed by atoms with E-state index in [1.807, 2.05) is 19.0 Å². The van der Waals surface area contributed by atoms with Crippen molar-refractivity contribution >= 4 is 29.1 Å². The van der Waals surface area contributed by atoms with Crippen LogP contribution < -0.4 is 14.7 Å². The predicted molar refractivity (Wildman–Crippen MR) is 123 cm³/mol. The lowest BCUT2D eigenvalue weighted by Crippen LogP contribution is -2.18. The molecule has 0 heterocycles. The van der Waals surface area contributed by atoms with E-state index in [4.69, 9.17) is 14.4 Å². The minimum atomic E-state index is -3.33. The van der Waals surface area contributed by atoms with Crippen molar-refractivity contribution < 1.29 is 27.6 Å². The number of nitrogens with zero attached hydrogens (tertiary/aromatic N) is 1. The van der Waals surface area contributed by atoms with E-state index < -0.39 is 9.84 Å². The molecule has 10 heteroatoms. The molecule has 0 atom stereocenters. The van der Waals surface area contributed by atoms with Crippen molar-refractivity contribution in [2.75, 3.05) is 26.5 Å². The Labute approximate surface area is 189 Å². The van der Waals surface area contributed by atoms with E-state index in [-0.39, 0.29) is 17.6 Å². The molecule has 171 valence electrons. The van der Waals surface area contributed by atoms with Crippen molar-refractivity contribution in [2.24, 2.45) is 0 Å². The normalized spacial score (nSPS) is 13.7. The highest BCUT2D eigenvalue weighted by molar-refractivity contribution is 7.92. The lowest BCUT2D eigenvalue weighted by Gasteiger charge is -2.16. The largest absolute Gasteiger partial charge is 0.569 e.